The second-order valence-corrected chi connectivity index (χ2v) is 3.47. The second kappa shape index (κ2) is 5.17. The number of pyridine rings is 1. The van der Waals surface area contributed by atoms with Gasteiger partial charge in [-0.05, 0) is 40.8 Å². The summed E-state index contributed by atoms with van der Waals surface area (Å²) in [5.74, 6) is 0. The molecule has 0 atom stereocenters. The van der Waals surface area contributed by atoms with Crippen molar-refractivity contribution in [2.45, 2.75) is 13.8 Å². The SMILES string of the molecule is CC.Ic1cccc2ncccc12. The fraction of sp³-hybridized carbons (Fsp3) is 0.182. The lowest BCUT2D eigenvalue weighted by atomic mass is 10.2. The van der Waals surface area contributed by atoms with Gasteiger partial charge >= 0.3 is 0 Å². The van der Waals surface area contributed by atoms with E-state index >= 15 is 0 Å². The Hall–Kier alpha value is -0.640. The van der Waals surface area contributed by atoms with Crippen molar-refractivity contribution in [3.63, 3.8) is 0 Å². The molecule has 1 aromatic heterocycles. The van der Waals surface area contributed by atoms with Crippen LogP contribution in [0.2, 0.25) is 0 Å². The predicted octanol–water partition coefficient (Wildman–Crippen LogP) is 3.87. The van der Waals surface area contributed by atoms with Crippen LogP contribution >= 0.6 is 22.6 Å². The third-order valence-corrected chi connectivity index (χ3v) is 2.53. The number of rotatable bonds is 0. The van der Waals surface area contributed by atoms with Crippen LogP contribution in [0.4, 0.5) is 0 Å². The molecule has 13 heavy (non-hydrogen) atoms. The normalized spacial score (nSPS) is 9.15. The minimum Gasteiger partial charge on any atom is -0.256 e. The van der Waals surface area contributed by atoms with Crippen molar-refractivity contribution < 1.29 is 0 Å². The number of fused-ring (bicyclic) bond motifs is 1. The van der Waals surface area contributed by atoms with Gasteiger partial charge in [0.05, 0.1) is 5.52 Å². The van der Waals surface area contributed by atoms with Crippen molar-refractivity contribution in [3.05, 3.63) is 40.1 Å². The molecule has 2 rings (SSSR count). The topological polar surface area (TPSA) is 12.9 Å². The highest BCUT2D eigenvalue weighted by Crippen LogP contribution is 2.17. The molecule has 2 aromatic rings. The predicted molar refractivity (Wildman–Crippen MR) is 65.8 cm³/mol. The summed E-state index contributed by atoms with van der Waals surface area (Å²) < 4.78 is 1.26. The molecule has 0 spiro atoms. The number of hydrogen-bond donors (Lipinski definition) is 0. The van der Waals surface area contributed by atoms with E-state index in [2.05, 4.69) is 39.7 Å². The highest BCUT2D eigenvalue weighted by Gasteiger charge is 1.94. The van der Waals surface area contributed by atoms with Crippen molar-refractivity contribution in [2.75, 3.05) is 0 Å². The van der Waals surface area contributed by atoms with Gasteiger partial charge in [-0.15, -0.1) is 0 Å². The first-order chi connectivity index (χ1) is 6.38. The molecule has 0 unspecified atom stereocenters. The first-order valence-corrected chi connectivity index (χ1v) is 5.45. The van der Waals surface area contributed by atoms with E-state index in [9.17, 15) is 0 Å². The maximum absolute atomic E-state index is 4.24. The molecular formula is C11H12IN. The van der Waals surface area contributed by atoms with Gasteiger partial charge in [-0.1, -0.05) is 26.0 Å². The summed E-state index contributed by atoms with van der Waals surface area (Å²) in [6, 6.07) is 10.2. The largest absolute Gasteiger partial charge is 0.256 e. The van der Waals surface area contributed by atoms with E-state index in [1.807, 2.05) is 38.2 Å². The lowest BCUT2D eigenvalue weighted by Gasteiger charge is -1.96. The quantitative estimate of drug-likeness (QED) is 0.670. The minimum absolute atomic E-state index is 1.07. The van der Waals surface area contributed by atoms with Gasteiger partial charge in [-0.25, -0.2) is 0 Å². The summed E-state index contributed by atoms with van der Waals surface area (Å²) in [6.07, 6.45) is 1.82. The maximum atomic E-state index is 4.24. The Morgan fingerprint density at radius 1 is 1.08 bits per heavy atom. The summed E-state index contributed by atoms with van der Waals surface area (Å²) in [5.41, 5.74) is 1.07. The molecule has 0 radical (unpaired) electrons. The average molecular weight is 285 g/mol. The average Bonchev–Trinajstić information content (AvgIpc) is 2.22. The number of halogens is 1. The van der Waals surface area contributed by atoms with E-state index in [-0.39, 0.29) is 0 Å². The zero-order valence-corrected chi connectivity index (χ0v) is 9.95. The number of hydrogen-bond acceptors (Lipinski definition) is 1. The van der Waals surface area contributed by atoms with Crippen LogP contribution in [0, 0.1) is 3.57 Å². The zero-order valence-electron chi connectivity index (χ0n) is 7.79. The van der Waals surface area contributed by atoms with Crippen LogP contribution in [-0.2, 0) is 0 Å². The van der Waals surface area contributed by atoms with Crippen LogP contribution in [0.1, 0.15) is 13.8 Å². The van der Waals surface area contributed by atoms with E-state index < -0.39 is 0 Å². The van der Waals surface area contributed by atoms with Gasteiger partial charge in [0.25, 0.3) is 0 Å². The van der Waals surface area contributed by atoms with Gasteiger partial charge in [-0.2, -0.15) is 0 Å². The Kier molecular flexibility index (Phi) is 4.15. The molecule has 0 aliphatic rings. The summed E-state index contributed by atoms with van der Waals surface area (Å²) in [5, 5.41) is 1.23. The molecule has 1 heterocycles. The molecule has 0 saturated heterocycles. The Balaban J connectivity index is 0.000000396. The third-order valence-electron chi connectivity index (χ3n) is 1.59. The van der Waals surface area contributed by atoms with Gasteiger partial charge in [0, 0.05) is 15.2 Å². The highest BCUT2D eigenvalue weighted by atomic mass is 127. The molecule has 0 N–H and O–H groups in total. The standard InChI is InChI=1S/C9H6IN.C2H6/c10-8-4-1-5-9-7(8)3-2-6-11-9;1-2/h1-6H;1-2H3. The molecule has 0 saturated carbocycles. The van der Waals surface area contributed by atoms with Gasteiger partial charge < -0.3 is 0 Å². The van der Waals surface area contributed by atoms with Crippen LogP contribution in [0.15, 0.2) is 36.5 Å². The maximum Gasteiger partial charge on any atom is 0.0712 e. The highest BCUT2D eigenvalue weighted by molar-refractivity contribution is 14.1. The van der Waals surface area contributed by atoms with Crippen LogP contribution in [0.3, 0.4) is 0 Å². The van der Waals surface area contributed by atoms with Crippen molar-refractivity contribution in [3.8, 4) is 0 Å². The molecular weight excluding hydrogens is 273 g/mol. The first kappa shape index (κ1) is 10.4. The van der Waals surface area contributed by atoms with Crippen LogP contribution in [0.5, 0.6) is 0 Å². The second-order valence-electron chi connectivity index (χ2n) is 2.31. The van der Waals surface area contributed by atoms with Crippen LogP contribution < -0.4 is 0 Å². The van der Waals surface area contributed by atoms with Crippen LogP contribution in [0.25, 0.3) is 10.9 Å². The summed E-state index contributed by atoms with van der Waals surface area (Å²) in [7, 11) is 0. The fourth-order valence-corrected chi connectivity index (χ4v) is 1.73. The van der Waals surface area contributed by atoms with Crippen molar-refractivity contribution >= 4 is 33.5 Å². The first-order valence-electron chi connectivity index (χ1n) is 4.37. The Morgan fingerprint density at radius 2 is 1.85 bits per heavy atom. The summed E-state index contributed by atoms with van der Waals surface area (Å²) in [6.45, 7) is 4.00. The lowest BCUT2D eigenvalue weighted by Crippen LogP contribution is -1.78. The van der Waals surface area contributed by atoms with E-state index in [0.29, 0.717) is 0 Å². The Bertz CT molecular complexity index is 379. The van der Waals surface area contributed by atoms with Gasteiger partial charge in [-0.3, -0.25) is 4.98 Å². The minimum atomic E-state index is 1.07. The summed E-state index contributed by atoms with van der Waals surface area (Å²) in [4.78, 5) is 4.24. The number of aromatic nitrogens is 1. The Morgan fingerprint density at radius 3 is 2.54 bits per heavy atom. The van der Waals surface area contributed by atoms with Gasteiger partial charge in [0.1, 0.15) is 0 Å². The molecule has 0 fully saturated rings. The van der Waals surface area contributed by atoms with E-state index in [0.717, 1.165) is 5.52 Å². The molecule has 1 nitrogen and oxygen atoms in total. The number of nitrogens with zero attached hydrogens (tertiary/aromatic N) is 1. The fourth-order valence-electron chi connectivity index (χ4n) is 1.07. The molecule has 2 heteroatoms. The smallest absolute Gasteiger partial charge is 0.0712 e. The molecule has 0 aliphatic carbocycles. The molecule has 0 bridgehead atoms. The van der Waals surface area contributed by atoms with Gasteiger partial charge in [0.2, 0.25) is 0 Å². The Labute approximate surface area is 92.3 Å². The van der Waals surface area contributed by atoms with Crippen molar-refractivity contribution in [1.29, 1.82) is 0 Å². The van der Waals surface area contributed by atoms with Crippen molar-refractivity contribution in [2.24, 2.45) is 0 Å². The number of benzene rings is 1. The van der Waals surface area contributed by atoms with E-state index in [1.165, 1.54) is 8.96 Å². The monoisotopic (exact) mass is 285 g/mol. The summed E-state index contributed by atoms with van der Waals surface area (Å²) >= 11 is 2.32. The molecule has 1 aromatic carbocycles. The molecule has 0 aliphatic heterocycles. The van der Waals surface area contributed by atoms with Crippen LogP contribution in [-0.4, -0.2) is 4.98 Å². The van der Waals surface area contributed by atoms with Crippen molar-refractivity contribution in [1.82, 2.24) is 4.98 Å². The lowest BCUT2D eigenvalue weighted by molar-refractivity contribution is 1.41. The van der Waals surface area contributed by atoms with Gasteiger partial charge in [0.15, 0.2) is 0 Å². The molecule has 0 amide bonds. The van der Waals surface area contributed by atoms with E-state index in [1.54, 1.807) is 0 Å². The molecule has 68 valence electrons. The zero-order chi connectivity index (χ0) is 9.68. The third kappa shape index (κ3) is 2.40. The van der Waals surface area contributed by atoms with E-state index in [4.69, 9.17) is 0 Å².